The summed E-state index contributed by atoms with van der Waals surface area (Å²) in [4.78, 5) is 0. The van der Waals surface area contributed by atoms with Crippen molar-refractivity contribution in [2.24, 2.45) is 0 Å². The molecule has 1 heteroatoms. The molecule has 1 aliphatic rings. The third kappa shape index (κ3) is 6.44. The Morgan fingerprint density at radius 2 is 1.29 bits per heavy atom. The molecule has 0 aliphatic heterocycles. The lowest BCUT2D eigenvalue weighted by molar-refractivity contribution is 1.03. The largest absolute Gasteiger partial charge is 0.385 e. The van der Waals surface area contributed by atoms with Crippen LogP contribution in [0.5, 0.6) is 0 Å². The zero-order valence-corrected chi connectivity index (χ0v) is 12.2. The number of nitrogens with one attached hydrogen (secondary N) is 1. The molecule has 0 bridgehead atoms. The van der Waals surface area contributed by atoms with Crippen LogP contribution in [0, 0.1) is 0 Å². The van der Waals surface area contributed by atoms with Crippen molar-refractivity contribution in [1.82, 2.24) is 0 Å². The number of hydrogen-bond acceptors (Lipinski definition) is 1. The molecule has 0 unspecified atom stereocenters. The summed E-state index contributed by atoms with van der Waals surface area (Å²) in [5, 5.41) is 3.47. The van der Waals surface area contributed by atoms with Gasteiger partial charge in [0.25, 0.3) is 0 Å². The Labute approximate surface area is 127 Å². The summed E-state index contributed by atoms with van der Waals surface area (Å²) in [6.45, 7) is 0.914. The van der Waals surface area contributed by atoms with Gasteiger partial charge in [0.05, 0.1) is 0 Å². The molecule has 0 saturated carbocycles. The molecule has 0 aromatic heterocycles. The molecule has 1 nitrogen and oxygen atoms in total. The Bertz CT molecular complexity index is 580. The molecule has 0 atom stereocenters. The van der Waals surface area contributed by atoms with Crippen LogP contribution < -0.4 is 5.32 Å². The summed E-state index contributed by atoms with van der Waals surface area (Å²) >= 11 is 0. The lowest BCUT2D eigenvalue weighted by Crippen LogP contribution is -2.01. The summed E-state index contributed by atoms with van der Waals surface area (Å²) < 4.78 is 0. The first-order valence-corrected chi connectivity index (χ1v) is 7.28. The van der Waals surface area contributed by atoms with Crippen LogP contribution in [0.25, 0.3) is 0 Å². The highest BCUT2D eigenvalue weighted by Crippen LogP contribution is 2.08. The van der Waals surface area contributed by atoms with Gasteiger partial charge in [0.15, 0.2) is 0 Å². The van der Waals surface area contributed by atoms with E-state index < -0.39 is 0 Å². The molecular formula is C20H21N. The predicted molar refractivity (Wildman–Crippen MR) is 92.7 cm³/mol. The van der Waals surface area contributed by atoms with E-state index in [-0.39, 0.29) is 0 Å². The van der Waals surface area contributed by atoms with Gasteiger partial charge >= 0.3 is 0 Å². The Morgan fingerprint density at radius 3 is 2.05 bits per heavy atom. The van der Waals surface area contributed by atoms with Crippen LogP contribution in [0.2, 0.25) is 0 Å². The van der Waals surface area contributed by atoms with Gasteiger partial charge in [-0.25, -0.2) is 0 Å². The lowest BCUT2D eigenvalue weighted by atomic mass is 10.1. The maximum atomic E-state index is 3.47. The van der Waals surface area contributed by atoms with E-state index >= 15 is 0 Å². The normalized spacial score (nSPS) is 19.9. The minimum absolute atomic E-state index is 0.914. The van der Waals surface area contributed by atoms with Crippen molar-refractivity contribution < 1.29 is 0 Å². The van der Waals surface area contributed by atoms with Crippen LogP contribution >= 0.6 is 0 Å². The van der Waals surface area contributed by atoms with Gasteiger partial charge in [0.1, 0.15) is 0 Å². The highest BCUT2D eigenvalue weighted by molar-refractivity contribution is 5.41. The summed E-state index contributed by atoms with van der Waals surface area (Å²) in [7, 11) is 0. The number of anilines is 1. The van der Waals surface area contributed by atoms with E-state index in [4.69, 9.17) is 0 Å². The fourth-order valence-corrected chi connectivity index (χ4v) is 1.94. The fraction of sp³-hybridized carbons (Fsp3) is 0.100. The standard InChI is InChI=1S/C20H21N/c1-2-7-11-15-20(16-12-8-3-1)21-18-17-19-13-9-5-4-6-10-14-19/h1-16,21H,17-18H2/b2-1?,3-1?,5-4-,6-4?,7-2?,8-3?,9-5?,10-6-,11-7?,12-8?,13-9-,14-10?,15-11?,16-12?,19-13?,19-14+,20-15?,20-16?. The van der Waals surface area contributed by atoms with Crippen molar-refractivity contribution in [1.29, 1.82) is 0 Å². The summed E-state index contributed by atoms with van der Waals surface area (Å²) in [5.74, 6) is 0. The fourth-order valence-electron chi connectivity index (χ4n) is 1.94. The molecule has 0 heterocycles. The minimum atomic E-state index is 0.914. The zero-order valence-electron chi connectivity index (χ0n) is 12.2. The van der Waals surface area contributed by atoms with E-state index in [1.165, 1.54) is 5.57 Å². The van der Waals surface area contributed by atoms with Crippen molar-refractivity contribution >= 4 is 5.69 Å². The minimum Gasteiger partial charge on any atom is -0.385 e. The highest BCUT2D eigenvalue weighted by Gasteiger charge is 1.93. The maximum Gasteiger partial charge on any atom is 0.0340 e. The van der Waals surface area contributed by atoms with Gasteiger partial charge in [0, 0.05) is 12.2 Å². The smallest absolute Gasteiger partial charge is 0.0340 e. The van der Waals surface area contributed by atoms with E-state index in [1.807, 2.05) is 60.7 Å². The molecule has 1 aromatic carbocycles. The van der Waals surface area contributed by atoms with Gasteiger partial charge < -0.3 is 5.32 Å². The van der Waals surface area contributed by atoms with Gasteiger partial charge in [-0.05, 0) is 24.1 Å². The molecule has 1 N–H and O–H groups in total. The molecule has 21 heavy (non-hydrogen) atoms. The summed E-state index contributed by atoms with van der Waals surface area (Å²) in [5.41, 5.74) is 2.45. The predicted octanol–water partition coefficient (Wildman–Crippen LogP) is 5.22. The second kappa shape index (κ2) is 9.38. The van der Waals surface area contributed by atoms with Crippen LogP contribution in [0.15, 0.2) is 103 Å². The molecular weight excluding hydrogens is 254 g/mol. The summed E-state index contributed by atoms with van der Waals surface area (Å²) in [6, 6.07) is 18.4. The zero-order chi connectivity index (χ0) is 14.6. The van der Waals surface area contributed by atoms with Crippen molar-refractivity contribution in [2.45, 2.75) is 6.42 Å². The van der Waals surface area contributed by atoms with Gasteiger partial charge in [0.2, 0.25) is 0 Å². The molecule has 2 rings (SSSR count). The van der Waals surface area contributed by atoms with Crippen LogP contribution in [0.1, 0.15) is 6.42 Å². The molecule has 0 fully saturated rings. The number of rotatable bonds is 4. The SMILES string of the molecule is C1=C\C=C/C(CCNc2ccccccccc2)=C\C=C/1. The first-order chi connectivity index (χ1) is 10.4. The molecule has 106 valence electrons. The monoisotopic (exact) mass is 275 g/mol. The van der Waals surface area contributed by atoms with Gasteiger partial charge in [-0.15, -0.1) is 0 Å². The van der Waals surface area contributed by atoms with Crippen LogP contribution in [0.3, 0.4) is 0 Å². The van der Waals surface area contributed by atoms with Crippen LogP contribution in [-0.2, 0) is 0 Å². The summed E-state index contributed by atoms with van der Waals surface area (Å²) in [6.07, 6.45) is 15.6. The topological polar surface area (TPSA) is 12.0 Å². The van der Waals surface area contributed by atoms with Gasteiger partial charge in [-0.2, -0.15) is 0 Å². The molecule has 1 aliphatic carbocycles. The number of hydrogen-bond donors (Lipinski definition) is 1. The molecule has 0 radical (unpaired) electrons. The van der Waals surface area contributed by atoms with Crippen molar-refractivity contribution in [3.63, 3.8) is 0 Å². The average Bonchev–Trinajstić information content (AvgIpc) is 2.47. The van der Waals surface area contributed by atoms with Crippen molar-refractivity contribution in [3.8, 4) is 0 Å². The molecule has 0 amide bonds. The van der Waals surface area contributed by atoms with Gasteiger partial charge in [-0.3, -0.25) is 0 Å². The molecule has 0 spiro atoms. The third-order valence-corrected chi connectivity index (χ3v) is 3.03. The average molecular weight is 275 g/mol. The second-order valence-corrected chi connectivity index (χ2v) is 4.68. The highest BCUT2D eigenvalue weighted by atomic mass is 14.9. The lowest BCUT2D eigenvalue weighted by Gasteiger charge is -2.06. The molecule has 0 saturated heterocycles. The van der Waals surface area contributed by atoms with E-state index in [0.717, 1.165) is 18.7 Å². The molecule has 1 aromatic rings. The van der Waals surface area contributed by atoms with E-state index in [1.54, 1.807) is 0 Å². The third-order valence-electron chi connectivity index (χ3n) is 3.03. The van der Waals surface area contributed by atoms with E-state index in [2.05, 4.69) is 41.8 Å². The first-order valence-electron chi connectivity index (χ1n) is 7.28. The van der Waals surface area contributed by atoms with E-state index in [9.17, 15) is 0 Å². The van der Waals surface area contributed by atoms with E-state index in [0.29, 0.717) is 0 Å². The van der Waals surface area contributed by atoms with Crippen LogP contribution in [0.4, 0.5) is 5.69 Å². The van der Waals surface area contributed by atoms with Crippen molar-refractivity contribution in [2.75, 3.05) is 11.9 Å². The Balaban J connectivity index is 1.94. The van der Waals surface area contributed by atoms with Crippen LogP contribution in [-0.4, -0.2) is 6.54 Å². The number of allylic oxidation sites excluding steroid dienone is 7. The van der Waals surface area contributed by atoms with Gasteiger partial charge in [-0.1, -0.05) is 85.0 Å². The van der Waals surface area contributed by atoms with Crippen molar-refractivity contribution in [3.05, 3.63) is 103 Å². The second-order valence-electron chi connectivity index (χ2n) is 4.68. The maximum absolute atomic E-state index is 3.47. The Morgan fingerprint density at radius 1 is 0.667 bits per heavy atom. The quantitative estimate of drug-likeness (QED) is 0.794. The Kier molecular flexibility index (Phi) is 6.64. The first kappa shape index (κ1) is 14.9. The Hall–Kier alpha value is -2.54.